The number of rotatable bonds is 0. The largest absolute Gasteiger partial charge is 0.418 e. The second-order valence-corrected chi connectivity index (χ2v) is 3.10. The Kier molecular flexibility index (Phi) is 2.74. The number of allylic oxidation sites excluding steroid dienone is 4. The Hall–Kier alpha value is -0.150. The molecule has 0 bridgehead atoms. The van der Waals surface area contributed by atoms with E-state index in [0.717, 1.165) is 0 Å². The third-order valence-electron chi connectivity index (χ3n) is 1.35. The number of alkyl halides is 3. The van der Waals surface area contributed by atoms with Gasteiger partial charge < -0.3 is 0 Å². The first-order valence-corrected chi connectivity index (χ1v) is 3.83. The topological polar surface area (TPSA) is 0 Å². The van der Waals surface area contributed by atoms with Crippen LogP contribution in [0.15, 0.2) is 21.7 Å². The van der Waals surface area contributed by atoms with Crippen LogP contribution in [0.4, 0.5) is 13.2 Å². The zero-order valence-corrected chi connectivity index (χ0v) is 7.26. The molecular weight excluding hydrogens is 212 g/mol. The van der Waals surface area contributed by atoms with Crippen LogP contribution in [0.25, 0.3) is 0 Å². The highest BCUT2D eigenvalue weighted by molar-refractivity contribution is 6.36. The van der Waals surface area contributed by atoms with E-state index in [0.29, 0.717) is 0 Å². The van der Waals surface area contributed by atoms with Crippen molar-refractivity contribution in [1.29, 1.82) is 0 Å². The van der Waals surface area contributed by atoms with Crippen molar-refractivity contribution in [3.63, 3.8) is 0 Å². The van der Waals surface area contributed by atoms with Crippen molar-refractivity contribution in [2.24, 2.45) is 0 Å². The van der Waals surface area contributed by atoms with Gasteiger partial charge in [0.05, 0.1) is 10.6 Å². The van der Waals surface area contributed by atoms with Crippen LogP contribution in [-0.4, -0.2) is 6.18 Å². The van der Waals surface area contributed by atoms with E-state index >= 15 is 0 Å². The van der Waals surface area contributed by atoms with Crippen molar-refractivity contribution < 1.29 is 13.2 Å². The normalized spacial score (nSPS) is 19.6. The molecule has 0 fully saturated rings. The molecule has 1 aliphatic rings. The standard InChI is InChI=1S/C7H4Cl2F3/c8-4-2-1-3-5(9)6(4)7(10,11)12/h1-2H,3H2. The van der Waals surface area contributed by atoms with Gasteiger partial charge in [-0.2, -0.15) is 13.2 Å². The predicted octanol–water partition coefficient (Wildman–Crippen LogP) is 3.77. The Balaban J connectivity index is 3.07. The highest BCUT2D eigenvalue weighted by Gasteiger charge is 2.38. The molecule has 1 aliphatic carbocycles. The Morgan fingerprint density at radius 2 is 1.83 bits per heavy atom. The van der Waals surface area contributed by atoms with E-state index in [-0.39, 0.29) is 16.5 Å². The summed E-state index contributed by atoms with van der Waals surface area (Å²) < 4.78 is 36.5. The third-order valence-corrected chi connectivity index (χ3v) is 2.01. The number of hydrogen-bond acceptors (Lipinski definition) is 0. The summed E-state index contributed by atoms with van der Waals surface area (Å²) in [6, 6.07) is 0. The van der Waals surface area contributed by atoms with E-state index in [4.69, 9.17) is 23.2 Å². The lowest BCUT2D eigenvalue weighted by Gasteiger charge is -2.16. The predicted molar refractivity (Wildman–Crippen MR) is 41.8 cm³/mol. The van der Waals surface area contributed by atoms with E-state index in [1.807, 2.05) is 0 Å². The maximum atomic E-state index is 12.2. The van der Waals surface area contributed by atoms with Gasteiger partial charge in [-0.1, -0.05) is 29.3 Å². The van der Waals surface area contributed by atoms with Gasteiger partial charge in [0.15, 0.2) is 0 Å². The van der Waals surface area contributed by atoms with Crippen molar-refractivity contribution in [2.45, 2.75) is 12.6 Å². The van der Waals surface area contributed by atoms with E-state index in [1.54, 1.807) is 0 Å². The van der Waals surface area contributed by atoms with Gasteiger partial charge in [-0.25, -0.2) is 0 Å². The molecule has 0 amide bonds. The molecule has 1 radical (unpaired) electrons. The molecular formula is C7H4Cl2F3. The van der Waals surface area contributed by atoms with Crippen LogP contribution in [-0.2, 0) is 0 Å². The summed E-state index contributed by atoms with van der Waals surface area (Å²) in [7, 11) is 0. The lowest BCUT2D eigenvalue weighted by Crippen LogP contribution is -2.15. The van der Waals surface area contributed by atoms with Crippen LogP contribution >= 0.6 is 23.2 Å². The quantitative estimate of drug-likeness (QED) is 0.578. The van der Waals surface area contributed by atoms with Crippen LogP contribution in [0.1, 0.15) is 6.42 Å². The van der Waals surface area contributed by atoms with Gasteiger partial charge in [-0.3, -0.25) is 0 Å². The van der Waals surface area contributed by atoms with Crippen molar-refractivity contribution in [2.75, 3.05) is 0 Å². The molecule has 67 valence electrons. The minimum absolute atomic E-state index is 0.0899. The van der Waals surface area contributed by atoms with Gasteiger partial charge in [-0.05, 0) is 12.8 Å². The average Bonchev–Trinajstić information content (AvgIpc) is 1.82. The lowest BCUT2D eigenvalue weighted by atomic mass is 10.1. The molecule has 0 aliphatic heterocycles. The van der Waals surface area contributed by atoms with Crippen molar-refractivity contribution >= 4 is 23.2 Å². The van der Waals surface area contributed by atoms with E-state index in [2.05, 4.69) is 0 Å². The van der Waals surface area contributed by atoms with Crippen molar-refractivity contribution in [3.05, 3.63) is 28.1 Å². The molecule has 0 nitrogen and oxygen atoms in total. The summed E-state index contributed by atoms with van der Waals surface area (Å²) in [5.74, 6) is 0. The van der Waals surface area contributed by atoms with Crippen LogP contribution in [0.5, 0.6) is 0 Å². The molecule has 0 saturated carbocycles. The first-order chi connectivity index (χ1) is 5.43. The molecule has 0 saturated heterocycles. The third kappa shape index (κ3) is 1.96. The maximum absolute atomic E-state index is 12.2. The first-order valence-electron chi connectivity index (χ1n) is 3.08. The Labute approximate surface area is 77.6 Å². The molecule has 0 N–H and O–H groups in total. The summed E-state index contributed by atoms with van der Waals surface area (Å²) in [5.41, 5.74) is -0.923. The second kappa shape index (κ2) is 3.30. The fourth-order valence-electron chi connectivity index (χ4n) is 0.870. The van der Waals surface area contributed by atoms with Crippen molar-refractivity contribution in [3.8, 4) is 0 Å². The molecule has 0 aromatic carbocycles. The average molecular weight is 216 g/mol. The smallest absolute Gasteiger partial charge is 0.166 e. The van der Waals surface area contributed by atoms with E-state index in [9.17, 15) is 13.2 Å². The summed E-state index contributed by atoms with van der Waals surface area (Å²) in [5, 5.41) is -0.603. The highest BCUT2D eigenvalue weighted by atomic mass is 35.5. The lowest BCUT2D eigenvalue weighted by molar-refractivity contribution is -0.0892. The van der Waals surface area contributed by atoms with Crippen molar-refractivity contribution in [1.82, 2.24) is 0 Å². The molecule has 0 unspecified atom stereocenters. The van der Waals surface area contributed by atoms with Gasteiger partial charge >= 0.3 is 6.18 Å². The minimum atomic E-state index is -4.46. The van der Waals surface area contributed by atoms with Gasteiger partial charge in [0.25, 0.3) is 0 Å². The molecule has 0 spiro atoms. The Morgan fingerprint density at radius 3 is 2.17 bits per heavy atom. The molecule has 0 aromatic heterocycles. The minimum Gasteiger partial charge on any atom is -0.166 e. The second-order valence-electron chi connectivity index (χ2n) is 2.23. The molecule has 0 heterocycles. The van der Waals surface area contributed by atoms with Crippen LogP contribution in [0.2, 0.25) is 0 Å². The Morgan fingerprint density at radius 1 is 1.25 bits per heavy atom. The van der Waals surface area contributed by atoms with Crippen LogP contribution in [0, 0.1) is 6.42 Å². The highest BCUT2D eigenvalue weighted by Crippen LogP contribution is 2.40. The summed E-state index contributed by atoms with van der Waals surface area (Å²) in [6.45, 7) is 0. The Bertz CT molecular complexity index is 250. The maximum Gasteiger partial charge on any atom is 0.418 e. The number of halogens is 5. The fraction of sp³-hybridized carbons (Fsp3) is 0.286. The van der Waals surface area contributed by atoms with Gasteiger partial charge in [0.2, 0.25) is 0 Å². The summed E-state index contributed by atoms with van der Waals surface area (Å²) in [4.78, 5) is 0. The van der Waals surface area contributed by atoms with Crippen LogP contribution in [0.3, 0.4) is 0 Å². The monoisotopic (exact) mass is 215 g/mol. The van der Waals surface area contributed by atoms with E-state index < -0.39 is 11.7 Å². The molecule has 0 aromatic rings. The molecule has 5 heteroatoms. The van der Waals surface area contributed by atoms with Gasteiger partial charge in [-0.15, -0.1) is 0 Å². The van der Waals surface area contributed by atoms with Gasteiger partial charge in [0, 0.05) is 5.03 Å². The zero-order valence-electron chi connectivity index (χ0n) is 5.75. The SMILES string of the molecule is FC(F)(F)C1=C(Cl)C[CH]C=C1Cl. The summed E-state index contributed by atoms with van der Waals surface area (Å²) >= 11 is 10.7. The zero-order chi connectivity index (χ0) is 9.35. The fourth-order valence-corrected chi connectivity index (χ4v) is 1.53. The summed E-state index contributed by atoms with van der Waals surface area (Å²) in [6.07, 6.45) is -1.68. The molecule has 1 rings (SSSR count). The number of hydrogen-bond donors (Lipinski definition) is 0. The van der Waals surface area contributed by atoms with E-state index in [1.165, 1.54) is 12.5 Å². The van der Waals surface area contributed by atoms with Gasteiger partial charge in [0.1, 0.15) is 0 Å². The first kappa shape index (κ1) is 9.93. The van der Waals surface area contributed by atoms with Crippen LogP contribution < -0.4 is 0 Å². The molecule has 12 heavy (non-hydrogen) atoms. The molecule has 0 atom stereocenters.